The fourth-order valence-electron chi connectivity index (χ4n) is 0.175. The zero-order valence-corrected chi connectivity index (χ0v) is 5.61. The Labute approximate surface area is 57.2 Å². The van der Waals surface area contributed by atoms with E-state index in [2.05, 4.69) is 10.2 Å². The lowest BCUT2D eigenvalue weighted by atomic mass is 10.9. The fraction of sp³-hybridized carbons (Fsp3) is 0.500. The highest BCUT2D eigenvalue weighted by atomic mass is 16.4. The van der Waals surface area contributed by atoms with Crippen molar-refractivity contribution in [3.8, 4) is 0 Å². The van der Waals surface area contributed by atoms with E-state index >= 15 is 0 Å². The third-order valence-corrected chi connectivity index (χ3v) is 0.604. The van der Waals surface area contributed by atoms with Crippen LogP contribution in [-0.2, 0) is 0 Å². The zero-order valence-electron chi connectivity index (χ0n) is 5.61. The summed E-state index contributed by atoms with van der Waals surface area (Å²) >= 11 is 0. The zero-order chi connectivity index (χ0) is 8.15. The molecule has 0 radical (unpaired) electrons. The van der Waals surface area contributed by atoms with Crippen LogP contribution in [0.15, 0.2) is 10.2 Å². The molecule has 0 aliphatic heterocycles. The Balaban J connectivity index is 3.90. The average Bonchev–Trinajstić information content (AvgIpc) is 1.82. The van der Waals surface area contributed by atoms with E-state index in [0.717, 1.165) is 4.90 Å². The number of hydrogen-bond donors (Lipinski definition) is 1. The van der Waals surface area contributed by atoms with Crippen molar-refractivity contribution >= 4 is 12.1 Å². The third kappa shape index (κ3) is 3.53. The van der Waals surface area contributed by atoms with E-state index in [-0.39, 0.29) is 0 Å². The number of carboxylic acid groups (broad SMARTS) is 1. The lowest BCUT2D eigenvalue weighted by Gasteiger charge is -2.01. The largest absolute Gasteiger partial charge is 0.462 e. The predicted molar refractivity (Wildman–Crippen MR) is 32.0 cm³/mol. The topological polar surface area (TPSA) is 82.3 Å². The van der Waals surface area contributed by atoms with Crippen molar-refractivity contribution in [1.29, 1.82) is 0 Å². The molecule has 6 nitrogen and oxygen atoms in total. The summed E-state index contributed by atoms with van der Waals surface area (Å²) in [5.74, 6) is 0. The minimum absolute atomic E-state index is 0.692. The molecule has 0 rings (SSSR count). The van der Waals surface area contributed by atoms with Crippen LogP contribution in [0.1, 0.15) is 0 Å². The van der Waals surface area contributed by atoms with Gasteiger partial charge < -0.3 is 10.0 Å². The predicted octanol–water partition coefficient (Wildman–Crippen LogP) is 0.798. The van der Waals surface area contributed by atoms with Gasteiger partial charge in [-0.25, -0.2) is 9.59 Å². The molecule has 0 bridgehead atoms. The highest BCUT2D eigenvalue weighted by Crippen LogP contribution is 1.85. The summed E-state index contributed by atoms with van der Waals surface area (Å²) in [6.07, 6.45) is -1.48. The van der Waals surface area contributed by atoms with E-state index in [9.17, 15) is 9.59 Å². The van der Waals surface area contributed by atoms with Gasteiger partial charge in [0.15, 0.2) is 0 Å². The number of azo groups is 1. The van der Waals surface area contributed by atoms with Gasteiger partial charge in [-0.15, -0.1) is 0 Å². The van der Waals surface area contributed by atoms with Gasteiger partial charge in [0.2, 0.25) is 0 Å². The first-order valence-corrected chi connectivity index (χ1v) is 2.40. The molecule has 0 atom stereocenters. The first-order chi connectivity index (χ1) is 4.54. The summed E-state index contributed by atoms with van der Waals surface area (Å²) in [5.41, 5.74) is 0. The summed E-state index contributed by atoms with van der Waals surface area (Å²) in [4.78, 5) is 21.3. The SMILES string of the molecule is CN(C)C(=O)N=NC(=O)O. The monoisotopic (exact) mass is 145 g/mol. The molecule has 6 heteroatoms. The first kappa shape index (κ1) is 8.54. The quantitative estimate of drug-likeness (QED) is 0.511. The van der Waals surface area contributed by atoms with Gasteiger partial charge in [0.05, 0.1) is 0 Å². The normalized spacial score (nSPS) is 9.80. The molecule has 0 unspecified atom stereocenters. The van der Waals surface area contributed by atoms with E-state index in [1.54, 1.807) is 0 Å². The molecule has 0 fully saturated rings. The molecule has 0 aliphatic rings. The van der Waals surface area contributed by atoms with Gasteiger partial charge in [-0.2, -0.15) is 0 Å². The van der Waals surface area contributed by atoms with Crippen molar-refractivity contribution in [3.05, 3.63) is 0 Å². The van der Waals surface area contributed by atoms with Crippen LogP contribution in [0.5, 0.6) is 0 Å². The molecule has 0 spiro atoms. The van der Waals surface area contributed by atoms with Gasteiger partial charge in [0.1, 0.15) is 0 Å². The van der Waals surface area contributed by atoms with Crippen molar-refractivity contribution in [2.75, 3.05) is 14.1 Å². The Morgan fingerprint density at radius 2 is 1.80 bits per heavy atom. The Morgan fingerprint density at radius 3 is 2.10 bits per heavy atom. The van der Waals surface area contributed by atoms with Crippen molar-refractivity contribution in [2.24, 2.45) is 10.2 Å². The number of nitrogens with zero attached hydrogens (tertiary/aromatic N) is 3. The minimum atomic E-state index is -1.48. The maximum Gasteiger partial charge on any atom is 0.450 e. The van der Waals surface area contributed by atoms with Gasteiger partial charge in [-0.3, -0.25) is 0 Å². The van der Waals surface area contributed by atoms with Crippen molar-refractivity contribution in [2.45, 2.75) is 0 Å². The molecule has 0 aromatic carbocycles. The average molecular weight is 145 g/mol. The summed E-state index contributed by atoms with van der Waals surface area (Å²) in [7, 11) is 2.90. The molecule has 0 heterocycles. The lowest BCUT2D eigenvalue weighted by molar-refractivity contribution is 0.201. The Kier molecular flexibility index (Phi) is 3.03. The van der Waals surface area contributed by atoms with E-state index in [1.165, 1.54) is 14.1 Å². The second-order valence-electron chi connectivity index (χ2n) is 1.66. The van der Waals surface area contributed by atoms with Crippen LogP contribution in [0.4, 0.5) is 9.59 Å². The van der Waals surface area contributed by atoms with Crippen LogP contribution in [0.25, 0.3) is 0 Å². The van der Waals surface area contributed by atoms with Crippen LogP contribution in [0, 0.1) is 0 Å². The molecule has 0 saturated heterocycles. The van der Waals surface area contributed by atoms with Crippen molar-refractivity contribution in [1.82, 2.24) is 4.90 Å². The molecular weight excluding hydrogens is 138 g/mol. The molecule has 0 aliphatic carbocycles. The summed E-state index contributed by atoms with van der Waals surface area (Å²) < 4.78 is 0. The smallest absolute Gasteiger partial charge is 0.450 e. The first-order valence-electron chi connectivity index (χ1n) is 2.40. The Bertz CT molecular complexity index is 175. The maximum absolute atomic E-state index is 10.4. The fourth-order valence-corrected chi connectivity index (χ4v) is 0.175. The Hall–Kier alpha value is -1.46. The lowest BCUT2D eigenvalue weighted by Crippen LogP contribution is -2.17. The number of rotatable bonds is 0. The molecular formula is C4H7N3O3. The van der Waals surface area contributed by atoms with Gasteiger partial charge in [-0.05, 0) is 0 Å². The number of amides is 3. The van der Waals surface area contributed by atoms with Crippen LogP contribution in [0.2, 0.25) is 0 Å². The second kappa shape index (κ2) is 3.54. The molecule has 56 valence electrons. The van der Waals surface area contributed by atoms with Gasteiger partial charge >= 0.3 is 12.1 Å². The van der Waals surface area contributed by atoms with Gasteiger partial charge in [0.25, 0.3) is 0 Å². The second-order valence-corrected chi connectivity index (χ2v) is 1.66. The molecule has 0 aromatic heterocycles. The maximum atomic E-state index is 10.4. The molecule has 1 N–H and O–H groups in total. The van der Waals surface area contributed by atoms with Crippen LogP contribution in [-0.4, -0.2) is 36.2 Å². The third-order valence-electron chi connectivity index (χ3n) is 0.604. The van der Waals surface area contributed by atoms with Crippen molar-refractivity contribution < 1.29 is 14.7 Å². The molecule has 0 saturated carbocycles. The molecule has 10 heavy (non-hydrogen) atoms. The number of hydrogen-bond acceptors (Lipinski definition) is 2. The number of carbonyl (C=O) groups is 2. The van der Waals surface area contributed by atoms with Crippen LogP contribution in [0.3, 0.4) is 0 Å². The van der Waals surface area contributed by atoms with Crippen LogP contribution >= 0.6 is 0 Å². The number of carbonyl (C=O) groups excluding carboxylic acids is 1. The van der Waals surface area contributed by atoms with E-state index in [4.69, 9.17) is 5.11 Å². The molecule has 0 aromatic rings. The van der Waals surface area contributed by atoms with Crippen molar-refractivity contribution in [3.63, 3.8) is 0 Å². The summed E-state index contributed by atoms with van der Waals surface area (Å²) in [6, 6.07) is -0.692. The minimum Gasteiger partial charge on any atom is -0.462 e. The highest BCUT2D eigenvalue weighted by Gasteiger charge is 2.00. The van der Waals surface area contributed by atoms with E-state index in [0.29, 0.717) is 0 Å². The van der Waals surface area contributed by atoms with E-state index < -0.39 is 12.1 Å². The highest BCUT2D eigenvalue weighted by molar-refractivity contribution is 5.76. The number of urea groups is 1. The summed E-state index contributed by atoms with van der Waals surface area (Å²) in [6.45, 7) is 0. The molecule has 3 amide bonds. The van der Waals surface area contributed by atoms with Gasteiger partial charge in [-0.1, -0.05) is 10.2 Å². The standard InChI is InChI=1S/C4H7N3O3/c1-7(2)3(8)5-6-4(9)10/h1-2H3,(H,9,10). The van der Waals surface area contributed by atoms with Gasteiger partial charge in [0, 0.05) is 14.1 Å². The van der Waals surface area contributed by atoms with Crippen LogP contribution < -0.4 is 0 Å². The van der Waals surface area contributed by atoms with E-state index in [1.807, 2.05) is 0 Å². The Morgan fingerprint density at radius 1 is 1.30 bits per heavy atom. The summed E-state index contributed by atoms with van der Waals surface area (Å²) in [5, 5.41) is 13.3.